The maximum atomic E-state index is 10.1. The summed E-state index contributed by atoms with van der Waals surface area (Å²) in [6, 6.07) is 0. The van der Waals surface area contributed by atoms with Gasteiger partial charge in [0.05, 0.1) is 13.2 Å². The molecule has 0 amide bonds. The summed E-state index contributed by atoms with van der Waals surface area (Å²) in [4.78, 5) is 19.9. The molecule has 0 saturated heterocycles. The topological polar surface area (TPSA) is 52.6 Å². The molecule has 0 aromatic carbocycles. The SMILES string of the molecule is CCOC(=O)CBr.[CH2-]C(=O)OCC.[Zn+][Br].[Zn]. The number of carbonyl (C=O) groups is 2. The smallest absolute Gasteiger partial charge is 0 e. The Hall–Kier alpha value is 1.02. The average molecular weight is 465 g/mol. The van der Waals surface area contributed by atoms with E-state index in [1.165, 1.54) is 16.3 Å². The molecule has 0 rings (SSSR count). The second-order valence-electron chi connectivity index (χ2n) is 1.74. The third-order valence-electron chi connectivity index (χ3n) is 0.720. The van der Waals surface area contributed by atoms with Crippen LogP contribution in [0.4, 0.5) is 0 Å². The van der Waals surface area contributed by atoms with Gasteiger partial charge in [0.15, 0.2) is 5.97 Å². The first kappa shape index (κ1) is 25.8. The predicted octanol–water partition coefficient (Wildman–Crippen LogP) is 2.17. The summed E-state index contributed by atoms with van der Waals surface area (Å²) < 4.78 is 8.80. The number of alkyl halides is 1. The van der Waals surface area contributed by atoms with Crippen LogP contribution in [-0.4, -0.2) is 30.5 Å². The van der Waals surface area contributed by atoms with Crippen molar-refractivity contribution in [3.05, 3.63) is 6.92 Å². The Labute approximate surface area is 135 Å². The fourth-order valence-electron chi connectivity index (χ4n) is 0.361. The van der Waals surface area contributed by atoms with Crippen molar-refractivity contribution < 1.29 is 54.9 Å². The Morgan fingerprint density at radius 3 is 1.62 bits per heavy atom. The first-order valence-corrected chi connectivity index (χ1v) is 12.1. The molecule has 0 aliphatic rings. The van der Waals surface area contributed by atoms with Gasteiger partial charge >= 0.3 is 35.9 Å². The molecule has 0 aliphatic carbocycles. The molecule has 0 unspecified atom stereocenters. The largest absolute Gasteiger partial charge is 0 e. The second kappa shape index (κ2) is 25.0. The number of esters is 2. The molecule has 16 heavy (non-hydrogen) atoms. The molecule has 0 aliphatic heterocycles. The molecule has 88 valence electrons. The van der Waals surface area contributed by atoms with E-state index in [4.69, 9.17) is 0 Å². The number of halogens is 2. The monoisotopic (exact) mass is 460 g/mol. The van der Waals surface area contributed by atoms with E-state index in [9.17, 15) is 9.59 Å². The number of ether oxygens (including phenoxy) is 2. The van der Waals surface area contributed by atoms with Crippen molar-refractivity contribution in [2.75, 3.05) is 18.5 Å². The van der Waals surface area contributed by atoms with Gasteiger partial charge in [0.25, 0.3) is 0 Å². The Kier molecular flexibility index (Phi) is 40.3. The Bertz CT molecular complexity index is 159. The molecule has 0 fully saturated rings. The summed E-state index contributed by atoms with van der Waals surface area (Å²) in [7, 11) is 0. The van der Waals surface area contributed by atoms with Gasteiger partial charge in [0, 0.05) is 19.5 Å². The van der Waals surface area contributed by atoms with Crippen molar-refractivity contribution in [2.24, 2.45) is 0 Å². The van der Waals surface area contributed by atoms with Crippen molar-refractivity contribution in [3.63, 3.8) is 0 Å². The van der Waals surface area contributed by atoms with Crippen molar-refractivity contribution in [2.45, 2.75) is 13.8 Å². The van der Waals surface area contributed by atoms with Crippen LogP contribution >= 0.6 is 29.6 Å². The molecule has 0 radical (unpaired) electrons. The number of rotatable bonds is 3. The van der Waals surface area contributed by atoms with Gasteiger partial charge in [0.1, 0.15) is 5.33 Å². The van der Waals surface area contributed by atoms with E-state index in [1.54, 1.807) is 13.8 Å². The summed E-state index contributed by atoms with van der Waals surface area (Å²) in [5.74, 6) is -0.667. The van der Waals surface area contributed by atoms with Crippen LogP contribution in [0.1, 0.15) is 13.8 Å². The zero-order chi connectivity index (χ0) is 12.7. The fourth-order valence-corrected chi connectivity index (χ4v) is 0.522. The zero-order valence-electron chi connectivity index (χ0n) is 9.63. The molecule has 0 aromatic heterocycles. The van der Waals surface area contributed by atoms with Gasteiger partial charge in [-0.1, -0.05) is 15.9 Å². The minimum absolute atomic E-state index is 0. The van der Waals surface area contributed by atoms with Gasteiger partial charge in [-0.2, -0.15) is 0 Å². The molecule has 0 bridgehead atoms. The standard InChI is InChI=1S/C4H7BrO2.C4H7O2.BrH.2Zn/c1-2-7-4(6)3-5;1-3-6-4(2)5;;;/h2-3H2,1H3;2-3H2,1H3;1H;;/q;-1;;;+2/p-1. The van der Waals surface area contributed by atoms with Crippen LogP contribution in [0.3, 0.4) is 0 Å². The molecule has 0 spiro atoms. The predicted molar refractivity (Wildman–Crippen MR) is 61.3 cm³/mol. The van der Waals surface area contributed by atoms with E-state index in [2.05, 4.69) is 46.0 Å². The van der Waals surface area contributed by atoms with Crippen LogP contribution in [-0.2, 0) is 54.9 Å². The summed E-state index contributed by atoms with van der Waals surface area (Å²) in [5.41, 5.74) is 0. The van der Waals surface area contributed by atoms with E-state index < -0.39 is 5.97 Å². The minimum Gasteiger partial charge on any atom is 0 e. The summed E-state index contributed by atoms with van der Waals surface area (Å²) in [6.07, 6.45) is 0. The third-order valence-corrected chi connectivity index (χ3v) is 1.18. The van der Waals surface area contributed by atoms with Gasteiger partial charge in [-0.05, 0) is 13.8 Å². The van der Waals surface area contributed by atoms with Gasteiger partial charge in [-0.25, -0.2) is 0 Å². The molecular formula is C8H14Br2O4Zn2. The maximum absolute atomic E-state index is 10.1. The van der Waals surface area contributed by atoms with E-state index in [-0.39, 0.29) is 25.4 Å². The van der Waals surface area contributed by atoms with Crippen LogP contribution in [0.25, 0.3) is 0 Å². The van der Waals surface area contributed by atoms with Gasteiger partial charge in [-0.15, -0.1) is 0 Å². The molecule has 0 saturated carbocycles. The van der Waals surface area contributed by atoms with E-state index >= 15 is 0 Å². The van der Waals surface area contributed by atoms with Gasteiger partial charge < -0.3 is 9.47 Å². The van der Waals surface area contributed by atoms with Gasteiger partial charge in [0.2, 0.25) is 0 Å². The van der Waals surface area contributed by atoms with Crippen LogP contribution in [0.2, 0.25) is 0 Å². The molecule has 8 heteroatoms. The second-order valence-corrected chi connectivity index (χ2v) is 2.30. The van der Waals surface area contributed by atoms with Crippen LogP contribution < -0.4 is 0 Å². The van der Waals surface area contributed by atoms with Crippen LogP contribution in [0.5, 0.6) is 0 Å². The van der Waals surface area contributed by atoms with Crippen LogP contribution in [0, 0.1) is 6.92 Å². The van der Waals surface area contributed by atoms with E-state index in [0.717, 1.165) is 0 Å². The summed E-state index contributed by atoms with van der Waals surface area (Å²) in [6.45, 7) is 7.37. The first-order chi connectivity index (χ1) is 7.08. The van der Waals surface area contributed by atoms with E-state index in [1.807, 2.05) is 0 Å². The molecule has 0 aromatic rings. The number of hydrogen-bond donors (Lipinski definition) is 0. The van der Waals surface area contributed by atoms with Crippen molar-refractivity contribution >= 4 is 41.5 Å². The molecule has 0 heterocycles. The Morgan fingerprint density at radius 1 is 1.19 bits per heavy atom. The zero-order valence-corrected chi connectivity index (χ0v) is 18.7. The average Bonchev–Trinajstić information content (AvgIpc) is 2.22. The van der Waals surface area contributed by atoms with Crippen LogP contribution in [0.15, 0.2) is 0 Å². The van der Waals surface area contributed by atoms with Gasteiger partial charge in [-0.3, -0.25) is 16.5 Å². The Balaban J connectivity index is -0.0000000743. The Morgan fingerprint density at radius 2 is 1.56 bits per heavy atom. The first-order valence-electron chi connectivity index (χ1n) is 4.05. The third kappa shape index (κ3) is 36.3. The van der Waals surface area contributed by atoms with E-state index in [0.29, 0.717) is 18.5 Å². The number of carbonyl (C=O) groups excluding carboxylic acids is 2. The molecule has 0 N–H and O–H groups in total. The van der Waals surface area contributed by atoms with Crippen molar-refractivity contribution in [1.29, 1.82) is 0 Å². The summed E-state index contributed by atoms with van der Waals surface area (Å²) >= 11 is 7.19. The molecular weight excluding hydrogens is 451 g/mol. The maximum Gasteiger partial charge on any atom is 0 e. The molecule has 0 atom stereocenters. The molecule has 4 nitrogen and oxygen atoms in total. The van der Waals surface area contributed by atoms with Crippen molar-refractivity contribution in [1.82, 2.24) is 0 Å². The minimum atomic E-state index is -0.461. The number of hydrogen-bond acceptors (Lipinski definition) is 4. The summed E-state index contributed by atoms with van der Waals surface area (Å²) in [5, 5.41) is 0.292. The fraction of sp³-hybridized carbons (Fsp3) is 0.625. The quantitative estimate of drug-likeness (QED) is 0.278. The van der Waals surface area contributed by atoms with Crippen molar-refractivity contribution in [3.8, 4) is 0 Å². The normalized spacial score (nSPS) is 6.88.